The molecule has 2 aromatic rings. The highest BCUT2D eigenvalue weighted by Gasteiger charge is 2.44. The normalized spacial score (nSPS) is 19.5. The van der Waals surface area contributed by atoms with E-state index in [1.54, 1.807) is 0 Å². The Labute approximate surface area is 141 Å². The van der Waals surface area contributed by atoms with Crippen LogP contribution in [0.4, 0.5) is 5.69 Å². The third kappa shape index (κ3) is 3.85. The quantitative estimate of drug-likeness (QED) is 0.849. The third-order valence-electron chi connectivity index (χ3n) is 3.93. The van der Waals surface area contributed by atoms with Gasteiger partial charge >= 0.3 is 0 Å². The van der Waals surface area contributed by atoms with E-state index in [1.807, 2.05) is 62.4 Å². The highest BCUT2D eigenvalue weighted by Crippen LogP contribution is 2.50. The van der Waals surface area contributed by atoms with Crippen LogP contribution in [-0.4, -0.2) is 12.0 Å². The van der Waals surface area contributed by atoms with Crippen molar-refractivity contribution >= 4 is 23.2 Å². The topological polar surface area (TPSA) is 38.3 Å². The van der Waals surface area contributed by atoms with Gasteiger partial charge in [0.25, 0.3) is 0 Å². The minimum Gasteiger partial charge on any atom is -0.491 e. The summed E-state index contributed by atoms with van der Waals surface area (Å²) in [6.07, 6.45) is 0.989. The molecule has 0 bridgehead atoms. The summed E-state index contributed by atoms with van der Waals surface area (Å²) in [5.41, 5.74) is 1.85. The van der Waals surface area contributed by atoms with Crippen molar-refractivity contribution in [3.8, 4) is 5.75 Å². The van der Waals surface area contributed by atoms with Crippen LogP contribution in [0.15, 0.2) is 48.5 Å². The number of carbonyl (C=O) groups excluding carboxylic acids is 1. The monoisotopic (exact) mass is 329 g/mol. The lowest BCUT2D eigenvalue weighted by Crippen LogP contribution is -2.14. The number of hydrogen-bond acceptors (Lipinski definition) is 2. The molecule has 0 aliphatic heterocycles. The molecule has 1 aliphatic rings. The molecule has 23 heavy (non-hydrogen) atoms. The lowest BCUT2D eigenvalue weighted by Gasteiger charge is -2.10. The van der Waals surface area contributed by atoms with Crippen LogP contribution in [0, 0.1) is 5.92 Å². The number of halogens is 1. The van der Waals surface area contributed by atoms with Crippen LogP contribution < -0.4 is 10.1 Å². The summed E-state index contributed by atoms with van der Waals surface area (Å²) in [4.78, 5) is 12.3. The van der Waals surface area contributed by atoms with Gasteiger partial charge in [-0.15, -0.1) is 0 Å². The second-order valence-corrected chi connectivity index (χ2v) is 6.56. The summed E-state index contributed by atoms with van der Waals surface area (Å²) < 4.78 is 5.59. The van der Waals surface area contributed by atoms with E-state index in [4.69, 9.17) is 16.3 Å². The second kappa shape index (κ2) is 6.63. The van der Waals surface area contributed by atoms with E-state index in [2.05, 4.69) is 5.32 Å². The summed E-state index contributed by atoms with van der Waals surface area (Å²) >= 11 is 6.20. The lowest BCUT2D eigenvalue weighted by molar-refractivity contribution is -0.117. The minimum atomic E-state index is 0.00138. The van der Waals surface area contributed by atoms with Crippen molar-refractivity contribution in [1.29, 1.82) is 0 Å². The lowest BCUT2D eigenvalue weighted by atomic mass is 10.1. The molecular weight excluding hydrogens is 310 g/mol. The minimum absolute atomic E-state index is 0.00138. The van der Waals surface area contributed by atoms with Crippen molar-refractivity contribution in [2.45, 2.75) is 32.3 Å². The number of amides is 1. The molecule has 0 aromatic heterocycles. The van der Waals surface area contributed by atoms with Crippen LogP contribution in [0.2, 0.25) is 5.02 Å². The van der Waals surface area contributed by atoms with Crippen LogP contribution in [-0.2, 0) is 4.79 Å². The molecule has 0 heterocycles. The molecular formula is C19H20ClNO2. The van der Waals surface area contributed by atoms with Crippen LogP contribution >= 0.6 is 11.6 Å². The van der Waals surface area contributed by atoms with E-state index in [1.165, 1.54) is 0 Å². The number of ether oxygens (including phenoxy) is 1. The fraction of sp³-hybridized carbons (Fsp3) is 0.316. The van der Waals surface area contributed by atoms with Gasteiger partial charge in [-0.1, -0.05) is 29.8 Å². The molecule has 3 nitrogen and oxygen atoms in total. The number of anilines is 1. The van der Waals surface area contributed by atoms with Gasteiger partial charge in [0.15, 0.2) is 0 Å². The van der Waals surface area contributed by atoms with E-state index in [9.17, 15) is 4.79 Å². The molecule has 1 aliphatic carbocycles. The summed E-state index contributed by atoms with van der Waals surface area (Å²) in [5.74, 6) is 1.08. The third-order valence-corrected chi connectivity index (χ3v) is 4.27. The average Bonchev–Trinajstić information content (AvgIpc) is 3.30. The molecule has 1 N–H and O–H groups in total. The van der Waals surface area contributed by atoms with Crippen molar-refractivity contribution in [1.82, 2.24) is 0 Å². The van der Waals surface area contributed by atoms with Crippen LogP contribution in [0.25, 0.3) is 0 Å². The zero-order chi connectivity index (χ0) is 16.4. The first-order valence-corrected chi connectivity index (χ1v) is 8.24. The highest BCUT2D eigenvalue weighted by molar-refractivity contribution is 6.31. The molecule has 4 heteroatoms. The summed E-state index contributed by atoms with van der Waals surface area (Å²) in [6.45, 7) is 3.97. The predicted octanol–water partition coefficient (Wildman–Crippen LogP) is 4.87. The summed E-state index contributed by atoms with van der Waals surface area (Å²) in [6, 6.07) is 15.2. The Kier molecular flexibility index (Phi) is 4.58. The Hall–Kier alpha value is -2.00. The van der Waals surface area contributed by atoms with E-state index in [0.29, 0.717) is 0 Å². The van der Waals surface area contributed by atoms with Crippen molar-refractivity contribution in [2.24, 2.45) is 5.92 Å². The maximum atomic E-state index is 12.3. The number of carbonyl (C=O) groups is 1. The van der Waals surface area contributed by atoms with Gasteiger partial charge in [0.2, 0.25) is 5.91 Å². The Morgan fingerprint density at radius 3 is 2.52 bits per heavy atom. The Morgan fingerprint density at radius 2 is 1.87 bits per heavy atom. The maximum Gasteiger partial charge on any atom is 0.228 e. The van der Waals surface area contributed by atoms with Gasteiger partial charge in [-0.25, -0.2) is 0 Å². The molecule has 120 valence electrons. The molecule has 1 saturated carbocycles. The van der Waals surface area contributed by atoms with E-state index in [-0.39, 0.29) is 23.8 Å². The molecule has 1 fully saturated rings. The fourth-order valence-corrected chi connectivity index (χ4v) is 3.00. The standard InChI is InChI=1S/C19H20ClNO2/c1-12(2)23-14-9-7-13(8-10-14)21-19(22)17-11-16(17)15-5-3-4-6-18(15)20/h3-10,12,16-17H,11H2,1-2H3,(H,21,22). The molecule has 0 spiro atoms. The van der Waals surface area contributed by atoms with Gasteiger partial charge in [0.05, 0.1) is 6.10 Å². The first-order valence-electron chi connectivity index (χ1n) is 7.86. The summed E-state index contributed by atoms with van der Waals surface area (Å²) in [7, 11) is 0. The number of hydrogen-bond donors (Lipinski definition) is 1. The number of benzene rings is 2. The van der Waals surface area contributed by atoms with Crippen molar-refractivity contribution in [2.75, 3.05) is 5.32 Å². The van der Waals surface area contributed by atoms with Crippen molar-refractivity contribution in [3.05, 3.63) is 59.1 Å². The van der Waals surface area contributed by atoms with Gasteiger partial charge in [0, 0.05) is 16.6 Å². The largest absolute Gasteiger partial charge is 0.491 e. The van der Waals surface area contributed by atoms with Crippen molar-refractivity contribution < 1.29 is 9.53 Å². The molecule has 2 aromatic carbocycles. The second-order valence-electron chi connectivity index (χ2n) is 6.15. The zero-order valence-corrected chi connectivity index (χ0v) is 14.0. The number of nitrogens with one attached hydrogen (secondary N) is 1. The average molecular weight is 330 g/mol. The molecule has 2 unspecified atom stereocenters. The molecule has 0 saturated heterocycles. The Bertz CT molecular complexity index is 697. The van der Waals surface area contributed by atoms with E-state index in [0.717, 1.165) is 28.4 Å². The van der Waals surface area contributed by atoms with Crippen LogP contribution in [0.1, 0.15) is 31.7 Å². The van der Waals surface area contributed by atoms with E-state index >= 15 is 0 Å². The molecule has 1 amide bonds. The smallest absolute Gasteiger partial charge is 0.228 e. The van der Waals surface area contributed by atoms with Crippen molar-refractivity contribution in [3.63, 3.8) is 0 Å². The van der Waals surface area contributed by atoms with Crippen LogP contribution in [0.5, 0.6) is 5.75 Å². The van der Waals surface area contributed by atoms with Crippen LogP contribution in [0.3, 0.4) is 0 Å². The van der Waals surface area contributed by atoms with Gasteiger partial charge < -0.3 is 10.1 Å². The highest BCUT2D eigenvalue weighted by atomic mass is 35.5. The van der Waals surface area contributed by atoms with Gasteiger partial charge in [0.1, 0.15) is 5.75 Å². The first kappa shape index (κ1) is 15.9. The zero-order valence-electron chi connectivity index (χ0n) is 13.3. The SMILES string of the molecule is CC(C)Oc1ccc(NC(=O)C2CC2c2ccccc2Cl)cc1. The molecule has 3 rings (SSSR count). The van der Waals surface area contributed by atoms with E-state index < -0.39 is 0 Å². The Morgan fingerprint density at radius 1 is 1.17 bits per heavy atom. The van der Waals surface area contributed by atoms with Gasteiger partial charge in [-0.2, -0.15) is 0 Å². The maximum absolute atomic E-state index is 12.3. The van der Waals surface area contributed by atoms with Gasteiger partial charge in [-0.05, 0) is 62.1 Å². The van der Waals surface area contributed by atoms with Gasteiger partial charge in [-0.3, -0.25) is 4.79 Å². The summed E-state index contributed by atoms with van der Waals surface area (Å²) in [5, 5.41) is 3.70. The number of rotatable bonds is 5. The Balaban J connectivity index is 1.59. The fourth-order valence-electron chi connectivity index (χ4n) is 2.73. The molecule has 2 atom stereocenters. The molecule has 0 radical (unpaired) electrons. The first-order chi connectivity index (χ1) is 11.0. The predicted molar refractivity (Wildman–Crippen MR) is 93.1 cm³/mol.